The minimum Gasteiger partial charge on any atom is -0.790 e. The molecule has 0 aromatic heterocycles. The first kappa shape index (κ1) is 38.1. The molecule has 16 nitrogen and oxygen atoms in total. The van der Waals surface area contributed by atoms with Crippen LogP contribution in [0.2, 0.25) is 0 Å². The van der Waals surface area contributed by atoms with Gasteiger partial charge in [0, 0.05) is 0 Å². The SMILES string of the molecule is O=P([O-])([O-])OP(=O)([O-])OP(=O)(O)OP(=O)(O)OP(=O)(O)O.[Cs+].[Cs+].[Cs+]. The molecule has 0 saturated carbocycles. The number of hydrogen-bond acceptors (Lipinski definition) is 12. The molecule has 24 heavy (non-hydrogen) atoms. The summed E-state index contributed by atoms with van der Waals surface area (Å²) < 4.78 is 64.3. The molecule has 128 valence electrons. The van der Waals surface area contributed by atoms with Gasteiger partial charge >= 0.3 is 230 Å². The van der Waals surface area contributed by atoms with Crippen molar-refractivity contribution in [1.29, 1.82) is 0 Å². The van der Waals surface area contributed by atoms with E-state index in [2.05, 4.69) is 17.2 Å². The van der Waals surface area contributed by atoms with E-state index in [0.717, 1.165) is 0 Å². The van der Waals surface area contributed by atoms with Gasteiger partial charge in [-0.1, -0.05) is 0 Å². The molecule has 0 aliphatic heterocycles. The van der Waals surface area contributed by atoms with Gasteiger partial charge in [-0.25, -0.2) is 18.0 Å². The van der Waals surface area contributed by atoms with E-state index in [4.69, 9.17) is 19.6 Å². The first-order valence-electron chi connectivity index (χ1n) is 3.72. The minimum absolute atomic E-state index is 0. The Bertz CT molecular complexity index is 559. The maximum Gasteiger partial charge on any atom is 1.00 e. The largest absolute Gasteiger partial charge is 1.00 e. The van der Waals surface area contributed by atoms with Crippen LogP contribution in [0.1, 0.15) is 0 Å². The topological polar surface area (TPSA) is 272 Å². The summed E-state index contributed by atoms with van der Waals surface area (Å²) in [7, 11) is -30.5. The van der Waals surface area contributed by atoms with Gasteiger partial charge in [0.05, 0.1) is 7.82 Å². The van der Waals surface area contributed by atoms with E-state index in [1.54, 1.807) is 0 Å². The monoisotopic (exact) mass is 814 g/mol. The molecular formula is H4Cs3O16P5. The van der Waals surface area contributed by atoms with Crippen molar-refractivity contribution in [3.05, 3.63) is 0 Å². The molecule has 0 fully saturated rings. The van der Waals surface area contributed by atoms with Crippen molar-refractivity contribution in [3.63, 3.8) is 0 Å². The summed E-state index contributed by atoms with van der Waals surface area (Å²) in [6.45, 7) is 0. The van der Waals surface area contributed by atoms with Crippen LogP contribution < -0.4 is 221 Å². The van der Waals surface area contributed by atoms with Gasteiger partial charge in [0.25, 0.3) is 7.82 Å². The molecule has 0 spiro atoms. The fourth-order valence-electron chi connectivity index (χ4n) is 0.558. The molecule has 3 unspecified atom stereocenters. The summed E-state index contributed by atoms with van der Waals surface area (Å²) in [4.78, 5) is 64.2. The fourth-order valence-corrected chi connectivity index (χ4v) is 5.83. The fraction of sp³-hybridized carbons (Fsp3) is 0. The first-order valence-corrected chi connectivity index (χ1v) is 11.2. The molecule has 24 heteroatoms. The van der Waals surface area contributed by atoms with Crippen molar-refractivity contribution in [2.24, 2.45) is 0 Å². The number of phosphoric acid groups is 5. The Morgan fingerprint density at radius 2 is 0.917 bits per heavy atom. The summed E-state index contributed by atoms with van der Waals surface area (Å²) >= 11 is 0. The summed E-state index contributed by atoms with van der Waals surface area (Å²) in [5, 5.41) is 0. The zero-order chi connectivity index (χ0) is 17.3. The molecule has 0 aromatic rings. The second-order valence-electron chi connectivity index (χ2n) is 2.65. The van der Waals surface area contributed by atoms with Gasteiger partial charge < -0.3 is 38.8 Å². The van der Waals surface area contributed by atoms with Crippen molar-refractivity contribution in [3.8, 4) is 0 Å². The van der Waals surface area contributed by atoms with Crippen molar-refractivity contribution >= 4 is 39.1 Å². The Labute approximate surface area is 310 Å². The van der Waals surface area contributed by atoms with Crippen molar-refractivity contribution in [2.75, 3.05) is 0 Å². The molecule has 0 heterocycles. The zero-order valence-corrected chi connectivity index (χ0v) is 35.2. The predicted molar refractivity (Wildman–Crippen MR) is 51.2 cm³/mol. The Kier molecular flexibility index (Phi) is 23.7. The van der Waals surface area contributed by atoms with E-state index in [9.17, 15) is 37.5 Å². The number of hydrogen-bond donors (Lipinski definition) is 4. The average Bonchev–Trinajstić information content (AvgIpc) is 1.83. The van der Waals surface area contributed by atoms with Gasteiger partial charge in [-0.15, -0.1) is 0 Å². The maximum atomic E-state index is 10.9. The molecule has 0 aliphatic rings. The Hall–Kier alpha value is 6.87. The van der Waals surface area contributed by atoms with Crippen LogP contribution in [0.4, 0.5) is 0 Å². The molecule has 4 N–H and O–H groups in total. The zero-order valence-electron chi connectivity index (χ0n) is 11.9. The van der Waals surface area contributed by atoms with Gasteiger partial charge in [-0.2, -0.15) is 8.62 Å². The molecule has 0 radical (unpaired) electrons. The molecule has 0 saturated heterocycles. The molecule has 3 atom stereocenters. The summed E-state index contributed by atoms with van der Waals surface area (Å²) in [5.41, 5.74) is 0. The second-order valence-corrected chi connectivity index (χ2v) is 9.91. The van der Waals surface area contributed by atoms with Gasteiger partial charge in [-0.05, 0) is 0 Å². The molecule has 0 rings (SSSR count). The van der Waals surface area contributed by atoms with E-state index in [1.807, 2.05) is 0 Å². The quantitative estimate of drug-likeness (QED) is 0.166. The van der Waals surface area contributed by atoms with Crippen LogP contribution in [0.25, 0.3) is 0 Å². The molecule has 0 aromatic carbocycles. The standard InChI is InChI=1S/3Cs.H7O16P5/c;;;1-17(2,3)13-19(7,8)15-21(11,12)16-20(9,10)14-18(4,5)6/h;;;(H,7,8)(H,9,10)(H,11,12)(H2,1,2,3)(H2,4,5,6)/q3*+1;/p-3. The third-order valence-corrected chi connectivity index (χ3v) is 7.37. The third kappa shape index (κ3) is 23.5. The Morgan fingerprint density at radius 1 is 0.583 bits per heavy atom. The summed E-state index contributed by atoms with van der Waals surface area (Å²) in [6, 6.07) is 0. The summed E-state index contributed by atoms with van der Waals surface area (Å²) in [5.74, 6) is 0. The van der Waals surface area contributed by atoms with E-state index >= 15 is 0 Å². The minimum atomic E-state index is -6.33. The third-order valence-electron chi connectivity index (χ3n) is 0.819. The van der Waals surface area contributed by atoms with Gasteiger partial charge in [-0.3, -0.25) is 8.88 Å². The van der Waals surface area contributed by atoms with Crippen molar-refractivity contribution in [1.82, 2.24) is 0 Å². The summed E-state index contributed by atoms with van der Waals surface area (Å²) in [6.07, 6.45) is 0. The van der Waals surface area contributed by atoms with E-state index < -0.39 is 39.1 Å². The van der Waals surface area contributed by atoms with Crippen LogP contribution in [0.3, 0.4) is 0 Å². The van der Waals surface area contributed by atoms with E-state index in [0.29, 0.717) is 0 Å². The number of rotatable bonds is 8. The van der Waals surface area contributed by atoms with Crippen LogP contribution in [0.15, 0.2) is 0 Å². The van der Waals surface area contributed by atoms with Crippen molar-refractivity contribution in [2.45, 2.75) is 0 Å². The first-order chi connectivity index (χ1) is 8.83. The maximum absolute atomic E-state index is 10.9. The van der Waals surface area contributed by atoms with E-state index in [-0.39, 0.29) is 207 Å². The molecular weight excluding hydrogens is 810 g/mol. The van der Waals surface area contributed by atoms with Gasteiger partial charge in [0.1, 0.15) is 0 Å². The van der Waals surface area contributed by atoms with Crippen LogP contribution in [-0.4, -0.2) is 19.6 Å². The van der Waals surface area contributed by atoms with Crippen LogP contribution in [-0.2, 0) is 40.1 Å². The van der Waals surface area contributed by atoms with Crippen LogP contribution in [0.5, 0.6) is 0 Å². The van der Waals surface area contributed by atoms with Crippen molar-refractivity contribution < 1.29 is 281 Å². The van der Waals surface area contributed by atoms with Crippen LogP contribution in [0, 0.1) is 0 Å². The molecule has 0 aliphatic carbocycles. The Morgan fingerprint density at radius 3 is 1.21 bits per heavy atom. The average molecular weight is 814 g/mol. The van der Waals surface area contributed by atoms with Gasteiger partial charge in [0.15, 0.2) is 0 Å². The smallest absolute Gasteiger partial charge is 0.790 e. The molecule has 0 bridgehead atoms. The normalized spacial score (nSPS) is 19.3. The molecule has 0 amide bonds. The van der Waals surface area contributed by atoms with Crippen LogP contribution >= 0.6 is 39.1 Å². The van der Waals surface area contributed by atoms with Gasteiger partial charge in [0.2, 0.25) is 0 Å². The van der Waals surface area contributed by atoms with E-state index in [1.165, 1.54) is 0 Å². The second kappa shape index (κ2) is 14.9. The predicted octanol–water partition coefficient (Wildman–Crippen LogP) is -11.3. The Balaban J connectivity index is -0.000000667.